The van der Waals surface area contributed by atoms with Crippen molar-refractivity contribution in [2.45, 2.75) is 18.7 Å². The van der Waals surface area contributed by atoms with Crippen LogP contribution in [0.25, 0.3) is 0 Å². The molecular weight excluding hydrogens is 380 g/mol. The lowest BCUT2D eigenvalue weighted by Gasteiger charge is -2.20. The molecule has 1 amide bonds. The molecule has 8 nitrogen and oxygen atoms in total. The van der Waals surface area contributed by atoms with E-state index in [0.29, 0.717) is 30.3 Å². The summed E-state index contributed by atoms with van der Waals surface area (Å²) >= 11 is 0. The number of carbonyl (C=O) groups is 1. The number of hydrogen-bond donors (Lipinski definition) is 1. The Morgan fingerprint density at radius 3 is 2.25 bits per heavy atom. The molecule has 1 N–H and O–H groups in total. The number of pyridine rings is 1. The zero-order valence-electron chi connectivity index (χ0n) is 16.5. The van der Waals surface area contributed by atoms with E-state index in [1.807, 2.05) is 0 Å². The number of benzene rings is 1. The summed E-state index contributed by atoms with van der Waals surface area (Å²) in [4.78, 5) is 18.2. The largest absolute Gasteiger partial charge is 0.497 e. The minimum Gasteiger partial charge on any atom is -0.497 e. The van der Waals surface area contributed by atoms with Crippen LogP contribution in [0.3, 0.4) is 0 Å². The molecule has 0 spiro atoms. The Kier molecular flexibility index (Phi) is 7.36. The first kappa shape index (κ1) is 21.6. The van der Waals surface area contributed by atoms with Gasteiger partial charge in [-0.05, 0) is 36.4 Å². The number of ether oxygens (including phenoxy) is 1. The zero-order chi connectivity index (χ0) is 20.7. The van der Waals surface area contributed by atoms with Crippen LogP contribution in [0.4, 0.5) is 11.5 Å². The van der Waals surface area contributed by atoms with Crippen LogP contribution in [-0.2, 0) is 14.8 Å². The molecule has 1 heterocycles. The lowest BCUT2D eigenvalue weighted by atomic mass is 10.3. The van der Waals surface area contributed by atoms with E-state index in [9.17, 15) is 13.2 Å². The highest BCUT2D eigenvalue weighted by atomic mass is 32.2. The van der Waals surface area contributed by atoms with E-state index in [4.69, 9.17) is 4.74 Å². The molecule has 0 saturated heterocycles. The van der Waals surface area contributed by atoms with E-state index in [0.717, 1.165) is 0 Å². The van der Waals surface area contributed by atoms with Crippen molar-refractivity contribution in [3.05, 3.63) is 42.6 Å². The summed E-state index contributed by atoms with van der Waals surface area (Å²) in [6.45, 7) is 4.44. The molecule has 152 valence electrons. The van der Waals surface area contributed by atoms with E-state index >= 15 is 0 Å². The van der Waals surface area contributed by atoms with Crippen molar-refractivity contribution in [2.75, 3.05) is 44.0 Å². The van der Waals surface area contributed by atoms with Crippen LogP contribution in [0.2, 0.25) is 0 Å². The second-order valence-corrected chi connectivity index (χ2v) is 8.01. The summed E-state index contributed by atoms with van der Waals surface area (Å²) in [5.74, 6) is 0.997. The van der Waals surface area contributed by atoms with Gasteiger partial charge in [-0.25, -0.2) is 13.4 Å². The minimum atomic E-state index is -3.55. The number of carbonyl (C=O) groups excluding carboxylic acids is 1. The van der Waals surface area contributed by atoms with Gasteiger partial charge in [0.05, 0.1) is 13.7 Å². The van der Waals surface area contributed by atoms with Gasteiger partial charge in [-0.1, -0.05) is 13.8 Å². The summed E-state index contributed by atoms with van der Waals surface area (Å²) < 4.78 is 31.5. The van der Waals surface area contributed by atoms with Crippen LogP contribution < -0.4 is 15.0 Å². The third-order valence-corrected chi connectivity index (χ3v) is 6.24. The molecule has 0 atom stereocenters. The standard InChI is InChI=1S/C19H26N4O4S/c1-5-23(6-2)28(25,26)17-11-12-18(20-13-17)22(3)14-19(24)21-15-7-9-16(27-4)10-8-15/h7-13H,5-6,14H2,1-4H3,(H,21,24). The number of sulfonamides is 1. The van der Waals surface area contributed by atoms with Crippen molar-refractivity contribution in [3.8, 4) is 5.75 Å². The summed E-state index contributed by atoms with van der Waals surface area (Å²) in [6, 6.07) is 10.1. The molecule has 1 aromatic carbocycles. The van der Waals surface area contributed by atoms with Crippen molar-refractivity contribution >= 4 is 27.4 Å². The van der Waals surface area contributed by atoms with Gasteiger partial charge >= 0.3 is 0 Å². The van der Waals surface area contributed by atoms with Gasteiger partial charge in [0.25, 0.3) is 0 Å². The van der Waals surface area contributed by atoms with Crippen LogP contribution in [-0.4, -0.2) is 57.4 Å². The quantitative estimate of drug-likeness (QED) is 0.686. The second-order valence-electron chi connectivity index (χ2n) is 6.07. The number of anilines is 2. The van der Waals surface area contributed by atoms with E-state index in [2.05, 4.69) is 10.3 Å². The monoisotopic (exact) mass is 406 g/mol. The molecule has 0 aliphatic heterocycles. The molecule has 0 bridgehead atoms. The molecule has 2 aromatic rings. The molecule has 2 rings (SSSR count). The first-order valence-electron chi connectivity index (χ1n) is 8.93. The topological polar surface area (TPSA) is 91.8 Å². The third-order valence-electron chi connectivity index (χ3n) is 4.21. The SMILES string of the molecule is CCN(CC)S(=O)(=O)c1ccc(N(C)CC(=O)Nc2ccc(OC)cc2)nc1. The fourth-order valence-electron chi connectivity index (χ4n) is 2.63. The lowest BCUT2D eigenvalue weighted by Crippen LogP contribution is -2.32. The molecule has 0 saturated carbocycles. The first-order chi connectivity index (χ1) is 13.3. The van der Waals surface area contributed by atoms with E-state index < -0.39 is 10.0 Å². The third kappa shape index (κ3) is 5.20. The predicted molar refractivity (Wildman–Crippen MR) is 109 cm³/mol. The fourth-order valence-corrected chi connectivity index (χ4v) is 4.04. The number of likely N-dealkylation sites (N-methyl/N-ethyl adjacent to an activating group) is 1. The van der Waals surface area contributed by atoms with Crippen molar-refractivity contribution in [3.63, 3.8) is 0 Å². The highest BCUT2D eigenvalue weighted by Gasteiger charge is 2.22. The lowest BCUT2D eigenvalue weighted by molar-refractivity contribution is -0.114. The Hall–Kier alpha value is -2.65. The molecule has 1 aromatic heterocycles. The van der Waals surface area contributed by atoms with Gasteiger partial charge in [0.15, 0.2) is 0 Å². The smallest absolute Gasteiger partial charge is 0.244 e. The molecule has 28 heavy (non-hydrogen) atoms. The number of methoxy groups -OCH3 is 1. The zero-order valence-corrected chi connectivity index (χ0v) is 17.4. The average Bonchev–Trinajstić information content (AvgIpc) is 2.69. The number of nitrogens with zero attached hydrogens (tertiary/aromatic N) is 3. The van der Waals surface area contributed by atoms with E-state index in [-0.39, 0.29) is 17.3 Å². The molecule has 0 aliphatic rings. The van der Waals surface area contributed by atoms with E-state index in [1.54, 1.807) is 63.2 Å². The summed E-state index contributed by atoms with van der Waals surface area (Å²) in [7, 11) is -0.256. The Morgan fingerprint density at radius 1 is 1.11 bits per heavy atom. The van der Waals surface area contributed by atoms with Crippen LogP contribution >= 0.6 is 0 Å². The van der Waals surface area contributed by atoms with E-state index in [1.165, 1.54) is 16.6 Å². The van der Waals surface area contributed by atoms with Gasteiger partial charge in [-0.2, -0.15) is 4.31 Å². The molecule has 0 radical (unpaired) electrons. The summed E-state index contributed by atoms with van der Waals surface area (Å²) in [6.07, 6.45) is 1.32. The second kappa shape index (κ2) is 9.52. The maximum atomic E-state index is 12.5. The van der Waals surface area contributed by atoms with Crippen LogP contribution in [0.15, 0.2) is 47.5 Å². The number of rotatable bonds is 9. The minimum absolute atomic E-state index is 0.0706. The Bertz CT molecular complexity index is 879. The molecule has 9 heteroatoms. The maximum absolute atomic E-state index is 12.5. The Balaban J connectivity index is 2.02. The molecular formula is C19H26N4O4S. The Labute approximate surface area is 166 Å². The van der Waals surface area contributed by atoms with Crippen molar-refractivity contribution in [1.29, 1.82) is 0 Å². The van der Waals surface area contributed by atoms with Gasteiger partial charge < -0.3 is 15.0 Å². The number of hydrogen-bond acceptors (Lipinski definition) is 6. The highest BCUT2D eigenvalue weighted by Crippen LogP contribution is 2.18. The first-order valence-corrected chi connectivity index (χ1v) is 10.4. The van der Waals surface area contributed by atoms with Crippen LogP contribution in [0, 0.1) is 0 Å². The van der Waals surface area contributed by atoms with Gasteiger partial charge in [0, 0.05) is 32.0 Å². The van der Waals surface area contributed by atoms with Gasteiger partial charge in [0.1, 0.15) is 16.5 Å². The van der Waals surface area contributed by atoms with Crippen molar-refractivity contribution in [2.24, 2.45) is 0 Å². The van der Waals surface area contributed by atoms with Gasteiger partial charge in [-0.3, -0.25) is 4.79 Å². The molecule has 0 fully saturated rings. The fraction of sp³-hybridized carbons (Fsp3) is 0.368. The van der Waals surface area contributed by atoms with Gasteiger partial charge in [0.2, 0.25) is 15.9 Å². The Morgan fingerprint density at radius 2 is 1.75 bits per heavy atom. The number of nitrogens with one attached hydrogen (secondary N) is 1. The highest BCUT2D eigenvalue weighted by molar-refractivity contribution is 7.89. The van der Waals surface area contributed by atoms with Crippen molar-refractivity contribution in [1.82, 2.24) is 9.29 Å². The van der Waals surface area contributed by atoms with Gasteiger partial charge in [-0.15, -0.1) is 0 Å². The predicted octanol–water partition coefficient (Wildman–Crippen LogP) is 2.20. The maximum Gasteiger partial charge on any atom is 0.244 e. The van der Waals surface area contributed by atoms with Crippen molar-refractivity contribution < 1.29 is 17.9 Å². The van der Waals surface area contributed by atoms with Crippen LogP contribution in [0.5, 0.6) is 5.75 Å². The molecule has 0 aliphatic carbocycles. The molecule has 0 unspecified atom stereocenters. The average molecular weight is 407 g/mol. The summed E-state index contributed by atoms with van der Waals surface area (Å²) in [5.41, 5.74) is 0.660. The number of aromatic nitrogens is 1. The number of amides is 1. The van der Waals surface area contributed by atoms with Crippen LogP contribution in [0.1, 0.15) is 13.8 Å². The summed E-state index contributed by atoms with van der Waals surface area (Å²) in [5, 5.41) is 2.79. The normalized spacial score (nSPS) is 11.3.